The van der Waals surface area contributed by atoms with Gasteiger partial charge in [-0.15, -0.1) is 13.2 Å². The summed E-state index contributed by atoms with van der Waals surface area (Å²) in [5.41, 5.74) is 14.6. The standard InChI is InChI=1S/C27H23F3N4O2/c1-16-3-12-24(17(2)13-16)32-34-31-15-18-4-10-22-20(14-18)7-11-23-25(22)33-36-26(23)19-5-8-21(9-6-19)35-27(28,29)30/h3-6,8-10,12-15,32,34H,7,11H2,1-2H3/b31-15+. The van der Waals surface area contributed by atoms with Gasteiger partial charge in [-0.05, 0) is 79.8 Å². The summed E-state index contributed by atoms with van der Waals surface area (Å²) in [5, 5.41) is 8.53. The predicted octanol–water partition coefficient (Wildman–Crippen LogP) is 6.57. The van der Waals surface area contributed by atoms with Crippen LogP contribution in [0.2, 0.25) is 0 Å². The Balaban J connectivity index is 1.29. The lowest BCUT2D eigenvalue weighted by atomic mass is 9.87. The molecule has 0 atom stereocenters. The maximum Gasteiger partial charge on any atom is 0.573 e. The van der Waals surface area contributed by atoms with Crippen molar-refractivity contribution in [2.24, 2.45) is 5.10 Å². The minimum atomic E-state index is -4.73. The molecule has 1 aliphatic carbocycles. The van der Waals surface area contributed by atoms with Crippen LogP contribution >= 0.6 is 0 Å². The summed E-state index contributed by atoms with van der Waals surface area (Å²) in [5.74, 6) is 0.277. The highest BCUT2D eigenvalue weighted by molar-refractivity contribution is 5.83. The Morgan fingerprint density at radius 1 is 1.00 bits per heavy atom. The van der Waals surface area contributed by atoms with Crippen molar-refractivity contribution in [2.45, 2.75) is 33.1 Å². The van der Waals surface area contributed by atoms with Gasteiger partial charge in [0.05, 0.1) is 11.9 Å². The first-order chi connectivity index (χ1) is 17.3. The zero-order chi connectivity index (χ0) is 25.3. The number of hydrazone groups is 1. The van der Waals surface area contributed by atoms with Crippen molar-refractivity contribution in [1.82, 2.24) is 10.7 Å². The van der Waals surface area contributed by atoms with Crippen LogP contribution in [0.4, 0.5) is 18.9 Å². The van der Waals surface area contributed by atoms with Crippen molar-refractivity contribution < 1.29 is 22.4 Å². The molecule has 0 aliphatic heterocycles. The quantitative estimate of drug-likeness (QED) is 0.235. The average molecular weight is 493 g/mol. The zero-order valence-electron chi connectivity index (χ0n) is 19.6. The molecule has 0 radical (unpaired) electrons. The van der Waals surface area contributed by atoms with Gasteiger partial charge < -0.3 is 9.26 Å². The molecule has 3 aromatic carbocycles. The van der Waals surface area contributed by atoms with E-state index in [0.717, 1.165) is 45.6 Å². The van der Waals surface area contributed by atoms with Crippen LogP contribution < -0.4 is 15.7 Å². The van der Waals surface area contributed by atoms with Gasteiger partial charge >= 0.3 is 6.36 Å². The average Bonchev–Trinajstić information content (AvgIpc) is 3.27. The molecule has 5 rings (SSSR count). The van der Waals surface area contributed by atoms with E-state index in [-0.39, 0.29) is 5.75 Å². The summed E-state index contributed by atoms with van der Waals surface area (Å²) in [6.45, 7) is 4.08. The largest absolute Gasteiger partial charge is 0.573 e. The second-order valence-corrected chi connectivity index (χ2v) is 8.64. The second kappa shape index (κ2) is 9.41. The number of aryl methyl sites for hydroxylation is 3. The van der Waals surface area contributed by atoms with Gasteiger partial charge in [0.25, 0.3) is 0 Å². The number of hydrogen-bond acceptors (Lipinski definition) is 6. The summed E-state index contributed by atoms with van der Waals surface area (Å²) in [7, 11) is 0. The number of alkyl halides is 3. The Morgan fingerprint density at radius 2 is 1.81 bits per heavy atom. The van der Waals surface area contributed by atoms with Crippen LogP contribution in [-0.4, -0.2) is 17.7 Å². The van der Waals surface area contributed by atoms with Gasteiger partial charge in [0.2, 0.25) is 0 Å². The third kappa shape index (κ3) is 5.05. The molecular formula is C27H23F3N4O2. The van der Waals surface area contributed by atoms with Crippen molar-refractivity contribution in [1.29, 1.82) is 0 Å². The fourth-order valence-electron chi connectivity index (χ4n) is 4.33. The van der Waals surface area contributed by atoms with E-state index in [0.29, 0.717) is 17.7 Å². The number of halogens is 3. The number of hydrazine groups is 1. The minimum Gasteiger partial charge on any atom is -0.406 e. The fraction of sp³-hybridized carbons (Fsp3) is 0.185. The number of nitrogens with zero attached hydrogens (tertiary/aromatic N) is 2. The normalized spacial score (nSPS) is 12.8. The molecule has 0 bridgehead atoms. The van der Waals surface area contributed by atoms with E-state index in [1.54, 1.807) is 6.21 Å². The Labute approximate surface area is 205 Å². The van der Waals surface area contributed by atoms with Crippen molar-refractivity contribution in [3.63, 3.8) is 0 Å². The lowest BCUT2D eigenvalue weighted by Gasteiger charge is -2.16. The molecule has 36 heavy (non-hydrogen) atoms. The predicted molar refractivity (Wildman–Crippen MR) is 132 cm³/mol. The highest BCUT2D eigenvalue weighted by Crippen LogP contribution is 2.39. The van der Waals surface area contributed by atoms with Gasteiger partial charge in [-0.25, -0.2) is 5.53 Å². The SMILES string of the molecule is Cc1ccc(NN/N=C/c2ccc3c(c2)CCc2c-3noc2-c2ccc(OC(F)(F)F)cc2)c(C)c1. The Kier molecular flexibility index (Phi) is 6.13. The monoisotopic (exact) mass is 492 g/mol. The van der Waals surface area contributed by atoms with E-state index in [1.165, 1.54) is 29.8 Å². The number of benzene rings is 3. The molecule has 0 spiro atoms. The van der Waals surface area contributed by atoms with Crippen LogP contribution in [0.15, 0.2) is 70.3 Å². The number of rotatable bonds is 6. The highest BCUT2D eigenvalue weighted by atomic mass is 19.4. The van der Waals surface area contributed by atoms with E-state index in [4.69, 9.17) is 4.52 Å². The van der Waals surface area contributed by atoms with Gasteiger partial charge in [-0.2, -0.15) is 5.10 Å². The number of fused-ring (bicyclic) bond motifs is 3. The lowest BCUT2D eigenvalue weighted by molar-refractivity contribution is -0.274. The van der Waals surface area contributed by atoms with Gasteiger partial charge in [0.1, 0.15) is 11.4 Å². The van der Waals surface area contributed by atoms with Crippen molar-refractivity contribution in [3.05, 3.63) is 88.5 Å². The van der Waals surface area contributed by atoms with Gasteiger partial charge in [0, 0.05) is 16.7 Å². The molecule has 0 fully saturated rings. The molecule has 184 valence electrons. The summed E-state index contributed by atoms with van der Waals surface area (Å²) in [6.07, 6.45) is -1.51. The van der Waals surface area contributed by atoms with E-state index in [1.807, 2.05) is 31.2 Å². The van der Waals surface area contributed by atoms with Crippen LogP contribution in [0.1, 0.15) is 27.8 Å². The molecule has 1 aliphatic rings. The number of aromatic nitrogens is 1. The lowest BCUT2D eigenvalue weighted by Crippen LogP contribution is -2.16. The first kappa shape index (κ1) is 23.5. The Morgan fingerprint density at radius 3 is 2.56 bits per heavy atom. The van der Waals surface area contributed by atoms with Crippen LogP contribution in [0.25, 0.3) is 22.6 Å². The number of ether oxygens (including phenoxy) is 1. The summed E-state index contributed by atoms with van der Waals surface area (Å²) >= 11 is 0. The van der Waals surface area contributed by atoms with Crippen LogP contribution in [0.5, 0.6) is 5.75 Å². The van der Waals surface area contributed by atoms with Crippen molar-refractivity contribution in [2.75, 3.05) is 5.43 Å². The molecule has 9 heteroatoms. The third-order valence-electron chi connectivity index (χ3n) is 6.02. The van der Waals surface area contributed by atoms with Gasteiger partial charge in [0.15, 0.2) is 5.76 Å². The zero-order valence-corrected chi connectivity index (χ0v) is 19.6. The maximum atomic E-state index is 12.4. The Bertz CT molecular complexity index is 1430. The fourth-order valence-corrected chi connectivity index (χ4v) is 4.33. The number of hydrogen-bond donors (Lipinski definition) is 2. The third-order valence-corrected chi connectivity index (χ3v) is 6.02. The van der Waals surface area contributed by atoms with E-state index < -0.39 is 6.36 Å². The number of nitrogens with one attached hydrogen (secondary N) is 2. The van der Waals surface area contributed by atoms with Crippen molar-refractivity contribution in [3.8, 4) is 28.3 Å². The molecule has 0 unspecified atom stereocenters. The first-order valence-corrected chi connectivity index (χ1v) is 11.4. The van der Waals surface area contributed by atoms with Crippen LogP contribution in [0.3, 0.4) is 0 Å². The molecule has 4 aromatic rings. The molecule has 2 N–H and O–H groups in total. The molecule has 6 nitrogen and oxygen atoms in total. The topological polar surface area (TPSA) is 71.7 Å². The number of anilines is 1. The van der Waals surface area contributed by atoms with Crippen molar-refractivity contribution >= 4 is 11.9 Å². The summed E-state index contributed by atoms with van der Waals surface area (Å²) < 4.78 is 46.8. The van der Waals surface area contributed by atoms with Gasteiger partial charge in [-0.3, -0.25) is 5.43 Å². The van der Waals surface area contributed by atoms with E-state index in [2.05, 4.69) is 45.0 Å². The molecule has 1 aromatic heterocycles. The molecule has 0 saturated heterocycles. The van der Waals surface area contributed by atoms with Crippen LogP contribution in [-0.2, 0) is 12.8 Å². The van der Waals surface area contributed by atoms with Crippen LogP contribution in [0, 0.1) is 13.8 Å². The first-order valence-electron chi connectivity index (χ1n) is 11.4. The summed E-state index contributed by atoms with van der Waals surface area (Å²) in [4.78, 5) is 0. The highest BCUT2D eigenvalue weighted by Gasteiger charge is 2.31. The molecule has 0 amide bonds. The van der Waals surface area contributed by atoms with E-state index >= 15 is 0 Å². The van der Waals surface area contributed by atoms with Gasteiger partial charge in [-0.1, -0.05) is 35.0 Å². The molecule has 0 saturated carbocycles. The Hall–Kier alpha value is -4.27. The maximum absolute atomic E-state index is 12.4. The second-order valence-electron chi connectivity index (χ2n) is 8.64. The molecule has 1 heterocycles. The minimum absolute atomic E-state index is 0.280. The summed E-state index contributed by atoms with van der Waals surface area (Å²) in [6, 6.07) is 17.7. The molecular weight excluding hydrogens is 469 g/mol. The smallest absolute Gasteiger partial charge is 0.406 e. The van der Waals surface area contributed by atoms with E-state index in [9.17, 15) is 13.2 Å².